The van der Waals surface area contributed by atoms with Crippen molar-refractivity contribution in [2.75, 3.05) is 12.4 Å². The molecule has 4 nitrogen and oxygen atoms in total. The van der Waals surface area contributed by atoms with Gasteiger partial charge in [-0.05, 0) is 23.8 Å². The summed E-state index contributed by atoms with van der Waals surface area (Å²) in [4.78, 5) is 0. The summed E-state index contributed by atoms with van der Waals surface area (Å²) in [7, 11) is 3.59. The highest BCUT2D eigenvalue weighted by atomic mass is 16.5. The zero-order valence-electron chi connectivity index (χ0n) is 12.1. The van der Waals surface area contributed by atoms with Gasteiger partial charge in [-0.25, -0.2) is 0 Å². The number of fused-ring (bicyclic) bond motifs is 1. The number of aromatic nitrogens is 1. The van der Waals surface area contributed by atoms with E-state index in [4.69, 9.17) is 4.74 Å². The Labute approximate surface area is 123 Å². The van der Waals surface area contributed by atoms with Crippen LogP contribution in [0.5, 0.6) is 11.5 Å². The Morgan fingerprint density at radius 3 is 2.76 bits per heavy atom. The van der Waals surface area contributed by atoms with Gasteiger partial charge in [0.1, 0.15) is 0 Å². The van der Waals surface area contributed by atoms with Crippen molar-refractivity contribution in [1.82, 2.24) is 4.57 Å². The van der Waals surface area contributed by atoms with Crippen LogP contribution in [0, 0.1) is 0 Å². The van der Waals surface area contributed by atoms with Crippen LogP contribution in [0.25, 0.3) is 10.9 Å². The fourth-order valence-corrected chi connectivity index (χ4v) is 2.56. The molecule has 2 N–H and O–H groups in total. The largest absolute Gasteiger partial charge is 0.504 e. The van der Waals surface area contributed by atoms with Gasteiger partial charge >= 0.3 is 0 Å². The number of aromatic hydroxyl groups is 1. The predicted octanol–water partition coefficient (Wildman–Crippen LogP) is 3.50. The van der Waals surface area contributed by atoms with Crippen molar-refractivity contribution in [3.63, 3.8) is 0 Å². The number of ether oxygens (including phenoxy) is 1. The summed E-state index contributed by atoms with van der Waals surface area (Å²) in [6.45, 7) is 0.702. The van der Waals surface area contributed by atoms with E-state index in [0.29, 0.717) is 12.3 Å². The number of phenolic OH excluding ortho intramolecular Hbond substituents is 1. The smallest absolute Gasteiger partial charge is 0.160 e. The van der Waals surface area contributed by atoms with Crippen LogP contribution >= 0.6 is 0 Å². The van der Waals surface area contributed by atoms with Gasteiger partial charge in [0.25, 0.3) is 0 Å². The highest BCUT2D eigenvalue weighted by molar-refractivity contribution is 5.84. The second-order valence-corrected chi connectivity index (χ2v) is 5.02. The minimum absolute atomic E-state index is 0.139. The molecule has 0 fully saturated rings. The number of anilines is 1. The number of methoxy groups -OCH3 is 1. The van der Waals surface area contributed by atoms with E-state index in [1.54, 1.807) is 12.1 Å². The quantitative estimate of drug-likeness (QED) is 0.770. The molecule has 0 unspecified atom stereocenters. The topological polar surface area (TPSA) is 46.4 Å². The molecule has 0 radical (unpaired) electrons. The number of hydrogen-bond donors (Lipinski definition) is 2. The van der Waals surface area contributed by atoms with Crippen LogP contribution < -0.4 is 10.1 Å². The first-order valence-corrected chi connectivity index (χ1v) is 6.83. The van der Waals surface area contributed by atoms with Gasteiger partial charge in [-0.15, -0.1) is 0 Å². The number of benzene rings is 2. The van der Waals surface area contributed by atoms with Gasteiger partial charge in [0.15, 0.2) is 11.5 Å². The normalized spacial score (nSPS) is 10.8. The van der Waals surface area contributed by atoms with E-state index in [1.807, 2.05) is 25.2 Å². The number of para-hydroxylation sites is 1. The zero-order valence-corrected chi connectivity index (χ0v) is 12.1. The van der Waals surface area contributed by atoms with Gasteiger partial charge in [-0.1, -0.05) is 18.2 Å². The molecule has 0 atom stereocenters. The lowest BCUT2D eigenvalue weighted by Crippen LogP contribution is -1.98. The molecule has 1 heterocycles. The first-order chi connectivity index (χ1) is 10.2. The van der Waals surface area contributed by atoms with E-state index in [1.165, 1.54) is 23.6 Å². The van der Waals surface area contributed by atoms with Crippen molar-refractivity contribution in [2.24, 2.45) is 7.05 Å². The van der Waals surface area contributed by atoms with Gasteiger partial charge in [0.2, 0.25) is 0 Å². The number of rotatable bonds is 4. The molecule has 0 aliphatic rings. The van der Waals surface area contributed by atoms with Crippen molar-refractivity contribution in [2.45, 2.75) is 6.54 Å². The predicted molar refractivity (Wildman–Crippen MR) is 84.9 cm³/mol. The monoisotopic (exact) mass is 282 g/mol. The summed E-state index contributed by atoms with van der Waals surface area (Å²) in [5.74, 6) is 0.617. The van der Waals surface area contributed by atoms with Crippen LogP contribution in [0.3, 0.4) is 0 Å². The Hall–Kier alpha value is -2.62. The zero-order chi connectivity index (χ0) is 14.8. The Kier molecular flexibility index (Phi) is 3.44. The Morgan fingerprint density at radius 2 is 2.00 bits per heavy atom. The summed E-state index contributed by atoms with van der Waals surface area (Å²) in [5.41, 5.74) is 3.30. The van der Waals surface area contributed by atoms with Gasteiger partial charge in [0.05, 0.1) is 7.11 Å². The molecule has 2 aromatic carbocycles. The molecule has 3 rings (SSSR count). The number of phenols is 1. The second kappa shape index (κ2) is 5.40. The molecular formula is C17H18N2O2. The van der Waals surface area contributed by atoms with Gasteiger partial charge < -0.3 is 19.7 Å². The van der Waals surface area contributed by atoms with Crippen molar-refractivity contribution in [3.05, 3.63) is 54.2 Å². The Balaban J connectivity index is 1.82. The number of hydrogen-bond acceptors (Lipinski definition) is 3. The van der Waals surface area contributed by atoms with Crippen LogP contribution in [-0.2, 0) is 13.6 Å². The Bertz CT molecular complexity index is 778. The van der Waals surface area contributed by atoms with Crippen molar-refractivity contribution >= 4 is 16.6 Å². The van der Waals surface area contributed by atoms with Gasteiger partial charge in [-0.3, -0.25) is 0 Å². The van der Waals surface area contributed by atoms with Gasteiger partial charge in [-0.2, -0.15) is 0 Å². The van der Waals surface area contributed by atoms with Crippen LogP contribution in [0.2, 0.25) is 0 Å². The molecule has 108 valence electrons. The lowest BCUT2D eigenvalue weighted by molar-refractivity contribution is 0.373. The second-order valence-electron chi connectivity index (χ2n) is 5.02. The third-order valence-corrected chi connectivity index (χ3v) is 3.64. The molecule has 0 saturated carbocycles. The van der Waals surface area contributed by atoms with Crippen molar-refractivity contribution in [1.29, 1.82) is 0 Å². The number of nitrogens with zero attached hydrogens (tertiary/aromatic N) is 1. The third kappa shape index (κ3) is 2.52. The van der Waals surface area contributed by atoms with E-state index in [-0.39, 0.29) is 5.75 Å². The van der Waals surface area contributed by atoms with E-state index in [2.05, 4.69) is 28.2 Å². The first kappa shape index (κ1) is 13.4. The fraction of sp³-hybridized carbons (Fsp3) is 0.176. The van der Waals surface area contributed by atoms with Crippen LogP contribution in [0.15, 0.2) is 48.7 Å². The highest BCUT2D eigenvalue weighted by Gasteiger charge is 2.06. The van der Waals surface area contributed by atoms with E-state index >= 15 is 0 Å². The summed E-state index contributed by atoms with van der Waals surface area (Å²) in [6.07, 6.45) is 2.13. The summed E-state index contributed by atoms with van der Waals surface area (Å²) in [6, 6.07) is 13.6. The molecule has 0 spiro atoms. The molecule has 0 bridgehead atoms. The van der Waals surface area contributed by atoms with E-state index in [0.717, 1.165) is 5.69 Å². The van der Waals surface area contributed by atoms with E-state index in [9.17, 15) is 5.11 Å². The summed E-state index contributed by atoms with van der Waals surface area (Å²) in [5, 5.41) is 14.4. The lowest BCUT2D eigenvalue weighted by Gasteiger charge is -2.08. The van der Waals surface area contributed by atoms with Crippen molar-refractivity contribution < 1.29 is 9.84 Å². The molecule has 0 saturated heterocycles. The number of nitrogens with one attached hydrogen (secondary N) is 1. The van der Waals surface area contributed by atoms with Crippen molar-refractivity contribution in [3.8, 4) is 11.5 Å². The minimum Gasteiger partial charge on any atom is -0.504 e. The molecule has 0 amide bonds. The minimum atomic E-state index is 0.139. The lowest BCUT2D eigenvalue weighted by atomic mass is 10.1. The fourth-order valence-electron chi connectivity index (χ4n) is 2.56. The number of aryl methyl sites for hydroxylation is 1. The standard InChI is InChI=1S/C17H18N2O2/c1-19-11-12(14-5-3-4-6-15(14)19)10-18-13-7-8-17(21-2)16(20)9-13/h3-9,11,18,20H,10H2,1-2H3. The molecule has 4 heteroatoms. The summed E-state index contributed by atoms with van der Waals surface area (Å²) >= 11 is 0. The van der Waals surface area contributed by atoms with Crippen LogP contribution in [0.1, 0.15) is 5.56 Å². The molecule has 3 aromatic rings. The van der Waals surface area contributed by atoms with Gasteiger partial charge in [0, 0.05) is 42.4 Å². The average molecular weight is 282 g/mol. The van der Waals surface area contributed by atoms with Crippen LogP contribution in [-0.4, -0.2) is 16.8 Å². The summed E-state index contributed by atoms with van der Waals surface area (Å²) < 4.78 is 7.17. The first-order valence-electron chi connectivity index (χ1n) is 6.83. The van der Waals surface area contributed by atoms with Crippen LogP contribution in [0.4, 0.5) is 5.69 Å². The molecular weight excluding hydrogens is 264 g/mol. The van der Waals surface area contributed by atoms with E-state index < -0.39 is 0 Å². The molecule has 0 aliphatic carbocycles. The maximum absolute atomic E-state index is 9.80. The molecule has 1 aromatic heterocycles. The Morgan fingerprint density at radius 1 is 1.19 bits per heavy atom. The maximum atomic E-state index is 9.80. The molecule has 21 heavy (non-hydrogen) atoms. The third-order valence-electron chi connectivity index (χ3n) is 3.64. The average Bonchev–Trinajstić information content (AvgIpc) is 2.82. The maximum Gasteiger partial charge on any atom is 0.160 e. The SMILES string of the molecule is COc1ccc(NCc2cn(C)c3ccccc23)cc1O. The molecule has 0 aliphatic heterocycles. The highest BCUT2D eigenvalue weighted by Crippen LogP contribution is 2.29.